The van der Waals surface area contributed by atoms with Gasteiger partial charge in [0, 0.05) is 61.5 Å². The van der Waals surface area contributed by atoms with Crippen molar-refractivity contribution in [2.24, 2.45) is 5.92 Å². The number of nitrogens with zero attached hydrogens (tertiary/aromatic N) is 1. The molecule has 2 aromatic rings. The number of hydrogen-bond acceptors (Lipinski definition) is 5. The minimum Gasteiger partial charge on any atom is -0.497 e. The standard InChI is InChI=1S/C24H29ClN2O5/c1-30-11-5-10-26-23(28)21-15-27(24(29)16-6-4-7-17(25)12-16)14-20(21)19-9-8-18(31-2)13-22(19)32-3/h4,6-9,12-13,20-21H,5,10-11,14-15H2,1-3H3,(H,26,28). The summed E-state index contributed by atoms with van der Waals surface area (Å²) in [6.45, 7) is 1.78. The summed E-state index contributed by atoms with van der Waals surface area (Å²) in [5.74, 6) is 0.411. The molecule has 7 nitrogen and oxygen atoms in total. The van der Waals surface area contributed by atoms with Crippen LogP contribution in [0.1, 0.15) is 28.3 Å². The van der Waals surface area contributed by atoms with Crippen molar-refractivity contribution in [1.29, 1.82) is 0 Å². The Kier molecular flexibility index (Phi) is 8.36. The Morgan fingerprint density at radius 3 is 2.59 bits per heavy atom. The number of hydrogen-bond donors (Lipinski definition) is 1. The molecule has 2 atom stereocenters. The van der Waals surface area contributed by atoms with Gasteiger partial charge in [-0.15, -0.1) is 0 Å². The van der Waals surface area contributed by atoms with E-state index in [2.05, 4.69) is 5.32 Å². The minimum atomic E-state index is -0.414. The lowest BCUT2D eigenvalue weighted by atomic mass is 9.87. The normalized spacial score (nSPS) is 17.8. The molecular weight excluding hydrogens is 432 g/mol. The number of carbonyl (C=O) groups is 2. The predicted molar refractivity (Wildman–Crippen MR) is 123 cm³/mol. The van der Waals surface area contributed by atoms with E-state index in [1.54, 1.807) is 56.6 Å². The van der Waals surface area contributed by atoms with Crippen LogP contribution in [0.2, 0.25) is 5.02 Å². The lowest BCUT2D eigenvalue weighted by molar-refractivity contribution is -0.124. The monoisotopic (exact) mass is 460 g/mol. The summed E-state index contributed by atoms with van der Waals surface area (Å²) in [6, 6.07) is 12.4. The zero-order chi connectivity index (χ0) is 23.1. The Morgan fingerprint density at radius 1 is 1.09 bits per heavy atom. The Morgan fingerprint density at radius 2 is 1.91 bits per heavy atom. The summed E-state index contributed by atoms with van der Waals surface area (Å²) in [5, 5.41) is 3.48. The average molecular weight is 461 g/mol. The van der Waals surface area contributed by atoms with Crippen LogP contribution in [0.25, 0.3) is 0 Å². The van der Waals surface area contributed by atoms with Crippen molar-refractivity contribution < 1.29 is 23.8 Å². The largest absolute Gasteiger partial charge is 0.497 e. The zero-order valence-electron chi connectivity index (χ0n) is 18.6. The van der Waals surface area contributed by atoms with Gasteiger partial charge in [-0.1, -0.05) is 23.7 Å². The highest BCUT2D eigenvalue weighted by Crippen LogP contribution is 2.39. The Bertz CT molecular complexity index is 952. The summed E-state index contributed by atoms with van der Waals surface area (Å²) >= 11 is 6.08. The van der Waals surface area contributed by atoms with Gasteiger partial charge in [-0.3, -0.25) is 9.59 Å². The summed E-state index contributed by atoms with van der Waals surface area (Å²) in [4.78, 5) is 28.0. The van der Waals surface area contributed by atoms with E-state index < -0.39 is 5.92 Å². The van der Waals surface area contributed by atoms with Gasteiger partial charge >= 0.3 is 0 Å². The third-order valence-corrected chi connectivity index (χ3v) is 5.92. The maximum atomic E-state index is 13.2. The average Bonchev–Trinajstić information content (AvgIpc) is 3.26. The lowest BCUT2D eigenvalue weighted by Crippen LogP contribution is -2.36. The first-order valence-electron chi connectivity index (χ1n) is 10.5. The van der Waals surface area contributed by atoms with E-state index in [1.807, 2.05) is 12.1 Å². The third-order valence-electron chi connectivity index (χ3n) is 5.68. The van der Waals surface area contributed by atoms with E-state index in [-0.39, 0.29) is 17.7 Å². The van der Waals surface area contributed by atoms with Gasteiger partial charge in [0.2, 0.25) is 5.91 Å². The number of nitrogens with one attached hydrogen (secondary N) is 1. The molecule has 0 aliphatic carbocycles. The molecule has 0 saturated carbocycles. The van der Waals surface area contributed by atoms with Gasteiger partial charge in [0.05, 0.1) is 20.1 Å². The first-order chi connectivity index (χ1) is 15.5. The summed E-state index contributed by atoms with van der Waals surface area (Å²) in [5.41, 5.74) is 1.37. The van der Waals surface area contributed by atoms with Crippen molar-refractivity contribution in [2.75, 3.05) is 47.6 Å². The van der Waals surface area contributed by atoms with E-state index >= 15 is 0 Å². The number of carbonyl (C=O) groups excluding carboxylic acids is 2. The van der Waals surface area contributed by atoms with Gasteiger partial charge in [0.1, 0.15) is 11.5 Å². The minimum absolute atomic E-state index is 0.0923. The maximum absolute atomic E-state index is 13.2. The Labute approximate surface area is 193 Å². The van der Waals surface area contributed by atoms with E-state index in [1.165, 1.54) is 0 Å². The van der Waals surface area contributed by atoms with Crippen LogP contribution in [0.3, 0.4) is 0 Å². The number of amides is 2. The molecule has 1 fully saturated rings. The van der Waals surface area contributed by atoms with Crippen molar-refractivity contribution in [1.82, 2.24) is 10.2 Å². The highest BCUT2D eigenvalue weighted by Gasteiger charge is 2.41. The van der Waals surface area contributed by atoms with Gasteiger partial charge in [-0.25, -0.2) is 0 Å². The van der Waals surface area contributed by atoms with Crippen LogP contribution in [0.15, 0.2) is 42.5 Å². The second kappa shape index (κ2) is 11.2. The molecular formula is C24H29ClN2O5. The molecule has 2 amide bonds. The Hall–Kier alpha value is -2.77. The van der Waals surface area contributed by atoms with Crippen LogP contribution >= 0.6 is 11.6 Å². The van der Waals surface area contributed by atoms with E-state index in [9.17, 15) is 9.59 Å². The molecule has 3 rings (SSSR count). The predicted octanol–water partition coefficient (Wildman–Crippen LogP) is 3.37. The second-order valence-electron chi connectivity index (χ2n) is 7.68. The second-order valence-corrected chi connectivity index (χ2v) is 8.12. The number of ether oxygens (including phenoxy) is 3. The molecule has 0 aromatic heterocycles. The number of likely N-dealkylation sites (tertiary alicyclic amines) is 1. The van der Waals surface area contributed by atoms with E-state index in [4.69, 9.17) is 25.8 Å². The fourth-order valence-corrected chi connectivity index (χ4v) is 4.23. The zero-order valence-corrected chi connectivity index (χ0v) is 19.4. The van der Waals surface area contributed by atoms with Crippen LogP contribution in [-0.2, 0) is 9.53 Å². The van der Waals surface area contributed by atoms with Gasteiger partial charge in [0.25, 0.3) is 5.91 Å². The first-order valence-corrected chi connectivity index (χ1v) is 10.9. The molecule has 2 aromatic carbocycles. The molecule has 1 aliphatic rings. The summed E-state index contributed by atoms with van der Waals surface area (Å²) in [7, 11) is 4.80. The molecule has 172 valence electrons. The molecule has 0 spiro atoms. The molecule has 1 N–H and O–H groups in total. The highest BCUT2D eigenvalue weighted by atomic mass is 35.5. The van der Waals surface area contributed by atoms with Crippen LogP contribution in [0.5, 0.6) is 11.5 Å². The third kappa shape index (κ3) is 5.53. The molecule has 32 heavy (non-hydrogen) atoms. The number of halogens is 1. The number of benzene rings is 2. The van der Waals surface area contributed by atoms with Gasteiger partial charge in [-0.05, 0) is 30.7 Å². The summed E-state index contributed by atoms with van der Waals surface area (Å²) in [6.07, 6.45) is 0.719. The molecule has 1 aliphatic heterocycles. The first kappa shape index (κ1) is 23.9. The quantitative estimate of drug-likeness (QED) is 0.580. The van der Waals surface area contributed by atoms with Crippen molar-refractivity contribution in [2.45, 2.75) is 12.3 Å². The van der Waals surface area contributed by atoms with Gasteiger partial charge in [0.15, 0.2) is 0 Å². The lowest BCUT2D eigenvalue weighted by Gasteiger charge is -2.21. The van der Waals surface area contributed by atoms with Crippen molar-refractivity contribution >= 4 is 23.4 Å². The molecule has 1 saturated heterocycles. The van der Waals surface area contributed by atoms with Crippen molar-refractivity contribution in [3.8, 4) is 11.5 Å². The number of rotatable bonds is 9. The fraction of sp³-hybridized carbons (Fsp3) is 0.417. The SMILES string of the molecule is COCCCNC(=O)C1CN(C(=O)c2cccc(Cl)c2)CC1c1ccc(OC)cc1OC. The van der Waals surface area contributed by atoms with Crippen LogP contribution in [0.4, 0.5) is 0 Å². The van der Waals surface area contributed by atoms with Crippen molar-refractivity contribution in [3.05, 3.63) is 58.6 Å². The van der Waals surface area contributed by atoms with E-state index in [0.717, 1.165) is 12.0 Å². The van der Waals surface area contributed by atoms with E-state index in [0.29, 0.717) is 48.3 Å². The van der Waals surface area contributed by atoms with Gasteiger partial charge in [-0.2, -0.15) is 0 Å². The molecule has 0 bridgehead atoms. The number of methoxy groups -OCH3 is 3. The van der Waals surface area contributed by atoms with Crippen LogP contribution < -0.4 is 14.8 Å². The van der Waals surface area contributed by atoms with Crippen molar-refractivity contribution in [3.63, 3.8) is 0 Å². The Balaban J connectivity index is 1.87. The summed E-state index contributed by atoms with van der Waals surface area (Å²) < 4.78 is 15.9. The van der Waals surface area contributed by atoms with Crippen LogP contribution in [0, 0.1) is 5.92 Å². The van der Waals surface area contributed by atoms with Gasteiger partial charge < -0.3 is 24.4 Å². The van der Waals surface area contributed by atoms with Crippen LogP contribution in [-0.4, -0.2) is 64.3 Å². The molecule has 0 radical (unpaired) electrons. The molecule has 2 unspecified atom stereocenters. The smallest absolute Gasteiger partial charge is 0.253 e. The highest BCUT2D eigenvalue weighted by molar-refractivity contribution is 6.30. The fourth-order valence-electron chi connectivity index (χ4n) is 4.04. The molecule has 8 heteroatoms. The topological polar surface area (TPSA) is 77.1 Å². The molecule has 1 heterocycles. The maximum Gasteiger partial charge on any atom is 0.253 e.